The van der Waals surface area contributed by atoms with Crippen LogP contribution >= 0.6 is 0 Å². The first-order valence-corrected chi connectivity index (χ1v) is 11.3. The maximum Gasteiger partial charge on any atom is 0.0998 e. The van der Waals surface area contributed by atoms with E-state index in [1.807, 2.05) is 24.3 Å². The minimum atomic E-state index is 0.665. The van der Waals surface area contributed by atoms with Crippen LogP contribution in [0.4, 0.5) is 0 Å². The summed E-state index contributed by atoms with van der Waals surface area (Å²) in [5, 5.41) is 12.3. The molecule has 160 valence electrons. The lowest BCUT2D eigenvalue weighted by Gasteiger charge is -2.15. The highest BCUT2D eigenvalue weighted by molar-refractivity contribution is 6.10. The molecule has 6 rings (SSSR count). The molecular weight excluding hydrogens is 414 g/mol. The molecule has 0 atom stereocenters. The van der Waals surface area contributed by atoms with Crippen molar-refractivity contribution in [3.63, 3.8) is 0 Å². The molecule has 6 aromatic rings. The van der Waals surface area contributed by atoms with Crippen LogP contribution in [0.5, 0.6) is 0 Å². The molecule has 3 nitrogen and oxygen atoms in total. The summed E-state index contributed by atoms with van der Waals surface area (Å²) in [6.45, 7) is 2.08. The fourth-order valence-electron chi connectivity index (χ4n) is 4.84. The molecule has 0 saturated carbocycles. The van der Waals surface area contributed by atoms with Gasteiger partial charge in [-0.3, -0.25) is 4.98 Å². The van der Waals surface area contributed by atoms with Gasteiger partial charge in [0.25, 0.3) is 0 Å². The molecule has 34 heavy (non-hydrogen) atoms. The van der Waals surface area contributed by atoms with Crippen molar-refractivity contribution in [1.82, 2.24) is 9.55 Å². The predicted molar refractivity (Wildman–Crippen MR) is 139 cm³/mol. The van der Waals surface area contributed by atoms with Crippen molar-refractivity contribution >= 4 is 21.8 Å². The van der Waals surface area contributed by atoms with E-state index in [0.717, 1.165) is 33.4 Å². The van der Waals surface area contributed by atoms with Gasteiger partial charge in [-0.2, -0.15) is 5.26 Å². The van der Waals surface area contributed by atoms with Crippen LogP contribution in [0.15, 0.2) is 109 Å². The number of benzene rings is 4. The second kappa shape index (κ2) is 8.03. The lowest BCUT2D eigenvalue weighted by Crippen LogP contribution is -2.00. The standard InChI is InChI=1S/C31H21N3/c1-21-17-25(20-32)28(23-13-15-33-16-14-23)19-30(21)34-29-10-6-5-9-26(29)27-12-11-24(18-31(27)34)22-7-3-2-4-8-22/h2-19H,1H3. The lowest BCUT2D eigenvalue weighted by atomic mass is 9.97. The smallest absolute Gasteiger partial charge is 0.0998 e. The molecule has 0 spiro atoms. The fourth-order valence-corrected chi connectivity index (χ4v) is 4.84. The van der Waals surface area contributed by atoms with Crippen LogP contribution in [0.2, 0.25) is 0 Å². The molecule has 0 fully saturated rings. The third-order valence-corrected chi connectivity index (χ3v) is 6.47. The van der Waals surface area contributed by atoms with E-state index in [0.29, 0.717) is 5.56 Å². The summed E-state index contributed by atoms with van der Waals surface area (Å²) in [5.41, 5.74) is 9.36. The minimum absolute atomic E-state index is 0.665. The van der Waals surface area contributed by atoms with E-state index in [1.165, 1.54) is 21.9 Å². The van der Waals surface area contributed by atoms with Gasteiger partial charge >= 0.3 is 0 Å². The largest absolute Gasteiger partial charge is 0.309 e. The van der Waals surface area contributed by atoms with E-state index in [9.17, 15) is 5.26 Å². The molecule has 0 radical (unpaired) electrons. The average molecular weight is 436 g/mol. The van der Waals surface area contributed by atoms with Gasteiger partial charge in [0.05, 0.1) is 22.7 Å². The van der Waals surface area contributed by atoms with Crippen molar-refractivity contribution in [3.8, 4) is 34.0 Å². The SMILES string of the molecule is Cc1cc(C#N)c(-c2ccncc2)cc1-n1c2ccccc2c2ccc(-c3ccccc3)cc21. The average Bonchev–Trinajstić information content (AvgIpc) is 3.23. The van der Waals surface area contributed by atoms with Crippen LogP contribution in [0.3, 0.4) is 0 Å². The van der Waals surface area contributed by atoms with Crippen molar-refractivity contribution in [2.75, 3.05) is 0 Å². The summed E-state index contributed by atoms with van der Waals surface area (Å²) < 4.78 is 2.33. The second-order valence-electron chi connectivity index (χ2n) is 8.48. The first-order valence-electron chi connectivity index (χ1n) is 11.3. The van der Waals surface area contributed by atoms with Gasteiger partial charge in [-0.05, 0) is 65.6 Å². The van der Waals surface area contributed by atoms with Gasteiger partial charge in [0.1, 0.15) is 0 Å². The number of para-hydroxylation sites is 1. The van der Waals surface area contributed by atoms with Crippen LogP contribution in [-0.4, -0.2) is 9.55 Å². The van der Waals surface area contributed by atoms with E-state index in [1.54, 1.807) is 12.4 Å². The van der Waals surface area contributed by atoms with Crippen molar-refractivity contribution in [2.45, 2.75) is 6.92 Å². The third-order valence-electron chi connectivity index (χ3n) is 6.47. The van der Waals surface area contributed by atoms with E-state index < -0.39 is 0 Å². The molecule has 0 bridgehead atoms. The fraction of sp³-hybridized carbons (Fsp3) is 0.0323. The molecule has 2 aromatic heterocycles. The second-order valence-corrected chi connectivity index (χ2v) is 8.48. The molecule has 0 aliphatic carbocycles. The number of rotatable bonds is 3. The normalized spacial score (nSPS) is 11.1. The van der Waals surface area contributed by atoms with E-state index >= 15 is 0 Å². The van der Waals surface area contributed by atoms with E-state index in [4.69, 9.17) is 0 Å². The number of nitriles is 1. The monoisotopic (exact) mass is 435 g/mol. The van der Waals surface area contributed by atoms with Crippen LogP contribution < -0.4 is 0 Å². The number of pyridine rings is 1. The Balaban J connectivity index is 1.69. The van der Waals surface area contributed by atoms with Crippen LogP contribution in [0.1, 0.15) is 11.1 Å². The summed E-state index contributed by atoms with van der Waals surface area (Å²) in [6, 6.07) is 36.1. The number of hydrogen-bond donors (Lipinski definition) is 0. The molecule has 0 aliphatic rings. The highest BCUT2D eigenvalue weighted by Gasteiger charge is 2.17. The van der Waals surface area contributed by atoms with Crippen molar-refractivity contribution in [1.29, 1.82) is 5.26 Å². The topological polar surface area (TPSA) is 41.6 Å². The maximum absolute atomic E-state index is 9.86. The Hall–Kier alpha value is -4.68. The number of hydrogen-bond acceptors (Lipinski definition) is 2. The predicted octanol–water partition coefficient (Wildman–Crippen LogP) is 7.69. The summed E-state index contributed by atoms with van der Waals surface area (Å²) in [6.07, 6.45) is 3.53. The van der Waals surface area contributed by atoms with E-state index in [2.05, 4.69) is 95.3 Å². The van der Waals surface area contributed by atoms with Gasteiger partial charge in [0, 0.05) is 34.4 Å². The van der Waals surface area contributed by atoms with Crippen molar-refractivity contribution < 1.29 is 0 Å². The Bertz CT molecular complexity index is 1710. The lowest BCUT2D eigenvalue weighted by molar-refractivity contribution is 1.15. The highest BCUT2D eigenvalue weighted by atomic mass is 15.0. The highest BCUT2D eigenvalue weighted by Crippen LogP contribution is 2.37. The van der Waals surface area contributed by atoms with Crippen LogP contribution in [0.25, 0.3) is 49.7 Å². The molecule has 0 saturated heterocycles. The van der Waals surface area contributed by atoms with Gasteiger partial charge in [-0.15, -0.1) is 0 Å². The molecule has 0 unspecified atom stereocenters. The number of fused-ring (bicyclic) bond motifs is 3. The summed E-state index contributed by atoms with van der Waals surface area (Å²) in [5.74, 6) is 0. The van der Waals surface area contributed by atoms with Crippen LogP contribution in [-0.2, 0) is 0 Å². The Morgan fingerprint density at radius 3 is 2.21 bits per heavy atom. The van der Waals surface area contributed by atoms with Crippen molar-refractivity contribution in [2.24, 2.45) is 0 Å². The minimum Gasteiger partial charge on any atom is -0.309 e. The summed E-state index contributed by atoms with van der Waals surface area (Å²) in [4.78, 5) is 4.15. The molecular formula is C31H21N3. The molecule has 0 amide bonds. The summed E-state index contributed by atoms with van der Waals surface area (Å²) >= 11 is 0. The van der Waals surface area contributed by atoms with Crippen molar-refractivity contribution in [3.05, 3.63) is 121 Å². The zero-order valence-corrected chi connectivity index (χ0v) is 18.7. The van der Waals surface area contributed by atoms with Gasteiger partial charge in [0.2, 0.25) is 0 Å². The Labute approximate surface area is 198 Å². The zero-order chi connectivity index (χ0) is 23.1. The first kappa shape index (κ1) is 20.0. The third kappa shape index (κ3) is 3.17. The molecule has 3 heteroatoms. The quantitative estimate of drug-likeness (QED) is 0.286. The van der Waals surface area contributed by atoms with Gasteiger partial charge in [-0.1, -0.05) is 60.7 Å². The zero-order valence-electron chi connectivity index (χ0n) is 18.7. The maximum atomic E-state index is 9.86. The molecule has 0 N–H and O–H groups in total. The van der Waals surface area contributed by atoms with Gasteiger partial charge in [-0.25, -0.2) is 0 Å². The van der Waals surface area contributed by atoms with Gasteiger partial charge in [0.15, 0.2) is 0 Å². The number of aromatic nitrogens is 2. The number of aryl methyl sites for hydroxylation is 1. The number of nitrogens with zero attached hydrogens (tertiary/aromatic N) is 3. The molecule has 2 heterocycles. The van der Waals surface area contributed by atoms with Gasteiger partial charge < -0.3 is 4.57 Å². The first-order chi connectivity index (χ1) is 16.7. The Kier molecular flexibility index (Phi) is 4.71. The summed E-state index contributed by atoms with van der Waals surface area (Å²) in [7, 11) is 0. The molecule has 4 aromatic carbocycles. The van der Waals surface area contributed by atoms with Crippen LogP contribution in [0, 0.1) is 18.3 Å². The van der Waals surface area contributed by atoms with E-state index in [-0.39, 0.29) is 0 Å². The Morgan fingerprint density at radius 1 is 0.676 bits per heavy atom. The Morgan fingerprint density at radius 2 is 1.41 bits per heavy atom. The molecule has 0 aliphatic heterocycles.